The number of hydrogen-bond acceptors (Lipinski definition) is 4. The molecule has 0 radical (unpaired) electrons. The van der Waals surface area contributed by atoms with Crippen LogP contribution in [-0.4, -0.2) is 52.2 Å². The molecule has 0 aliphatic carbocycles. The van der Waals surface area contributed by atoms with Gasteiger partial charge >= 0.3 is 6.09 Å². The number of carbonyl (C=O) groups excluding carboxylic acids is 1. The van der Waals surface area contributed by atoms with Crippen molar-refractivity contribution in [1.29, 1.82) is 5.26 Å². The topological polar surface area (TPSA) is 61.5 Å². The Morgan fingerprint density at radius 3 is 2.57 bits per heavy atom. The summed E-state index contributed by atoms with van der Waals surface area (Å²) in [7, 11) is 1.94. The predicted octanol–water partition coefficient (Wildman–Crippen LogP) is 3.80. The van der Waals surface area contributed by atoms with Gasteiger partial charge in [-0.05, 0) is 30.0 Å². The van der Waals surface area contributed by atoms with E-state index in [4.69, 9.17) is 4.74 Å². The van der Waals surface area contributed by atoms with Crippen molar-refractivity contribution in [2.45, 2.75) is 44.8 Å². The van der Waals surface area contributed by atoms with Gasteiger partial charge in [0.2, 0.25) is 0 Å². The number of aromatic nitrogens is 1. The van der Waals surface area contributed by atoms with E-state index in [1.165, 1.54) is 11.1 Å². The van der Waals surface area contributed by atoms with Gasteiger partial charge in [-0.25, -0.2) is 4.79 Å². The van der Waals surface area contributed by atoms with E-state index in [9.17, 15) is 10.1 Å². The molecule has 0 N–H and O–H groups in total. The summed E-state index contributed by atoms with van der Waals surface area (Å²) in [6, 6.07) is 14.6. The van der Waals surface area contributed by atoms with Crippen LogP contribution in [0.5, 0.6) is 0 Å². The number of benzene rings is 1. The Labute approximate surface area is 178 Å². The highest BCUT2D eigenvalue weighted by atomic mass is 16.6. The third-order valence-corrected chi connectivity index (χ3v) is 6.82. The molecule has 2 saturated heterocycles. The van der Waals surface area contributed by atoms with Crippen LogP contribution in [0.2, 0.25) is 0 Å². The zero-order valence-corrected chi connectivity index (χ0v) is 18.1. The Morgan fingerprint density at radius 1 is 1.23 bits per heavy atom. The first-order valence-corrected chi connectivity index (χ1v) is 10.7. The number of ether oxygens (including phenoxy) is 1. The van der Waals surface area contributed by atoms with Gasteiger partial charge in [0, 0.05) is 51.8 Å². The molecular weight excluding hydrogens is 376 g/mol. The highest BCUT2D eigenvalue weighted by Gasteiger charge is 2.47. The third-order valence-electron chi connectivity index (χ3n) is 6.82. The third kappa shape index (κ3) is 3.95. The van der Waals surface area contributed by atoms with Gasteiger partial charge in [-0.15, -0.1) is 0 Å². The fourth-order valence-electron chi connectivity index (χ4n) is 4.70. The van der Waals surface area contributed by atoms with Crippen LogP contribution in [0.4, 0.5) is 4.79 Å². The second kappa shape index (κ2) is 8.16. The fraction of sp³-hybridized carbons (Fsp3) is 0.500. The Bertz CT molecular complexity index is 952. The summed E-state index contributed by atoms with van der Waals surface area (Å²) in [6.07, 6.45) is 1.53. The summed E-state index contributed by atoms with van der Waals surface area (Å²) in [6.45, 7) is 8.21. The maximum absolute atomic E-state index is 12.6. The Kier molecular flexibility index (Phi) is 5.57. The van der Waals surface area contributed by atoms with Gasteiger partial charge in [0.05, 0.1) is 6.54 Å². The number of carbonyl (C=O) groups is 1. The van der Waals surface area contributed by atoms with Crippen molar-refractivity contribution < 1.29 is 9.53 Å². The Balaban J connectivity index is 1.34. The zero-order valence-electron chi connectivity index (χ0n) is 18.1. The van der Waals surface area contributed by atoms with Crippen LogP contribution in [-0.2, 0) is 18.3 Å². The van der Waals surface area contributed by atoms with E-state index >= 15 is 0 Å². The van der Waals surface area contributed by atoms with E-state index < -0.39 is 0 Å². The van der Waals surface area contributed by atoms with Crippen LogP contribution in [0.15, 0.2) is 36.4 Å². The van der Waals surface area contributed by atoms with Gasteiger partial charge < -0.3 is 14.2 Å². The van der Waals surface area contributed by atoms with Crippen molar-refractivity contribution in [2.24, 2.45) is 7.05 Å². The monoisotopic (exact) mass is 406 g/mol. The van der Waals surface area contributed by atoms with E-state index in [2.05, 4.69) is 36.9 Å². The number of amides is 1. The van der Waals surface area contributed by atoms with Gasteiger partial charge in [-0.3, -0.25) is 4.90 Å². The highest BCUT2D eigenvalue weighted by molar-refractivity contribution is 5.71. The molecule has 0 unspecified atom stereocenters. The maximum atomic E-state index is 12.6. The Hall–Kier alpha value is -2.78. The molecule has 6 nitrogen and oxygen atoms in total. The normalized spacial score (nSPS) is 19.7. The standard InChI is InChI=1S/C24H30N4O2/c1-18(20-7-5-4-6-8-20)15-28-17-24(30-23(28)29)9-11-27(12-10-24)16-21-13-22(14-25)26(3)19(21)2/h4-8,13,18H,9-12,15-17H2,1-3H3/t18-/m0/s1. The predicted molar refractivity (Wildman–Crippen MR) is 115 cm³/mol. The molecule has 6 heteroatoms. The highest BCUT2D eigenvalue weighted by Crippen LogP contribution is 2.35. The first kappa shape index (κ1) is 20.5. The van der Waals surface area contributed by atoms with Gasteiger partial charge in [0.25, 0.3) is 0 Å². The van der Waals surface area contributed by atoms with Gasteiger partial charge in [0.1, 0.15) is 17.4 Å². The van der Waals surface area contributed by atoms with Crippen molar-refractivity contribution in [3.8, 4) is 6.07 Å². The van der Waals surface area contributed by atoms with Crippen molar-refractivity contribution in [2.75, 3.05) is 26.2 Å². The number of hydrogen-bond donors (Lipinski definition) is 0. The molecule has 30 heavy (non-hydrogen) atoms. The molecular formula is C24H30N4O2. The van der Waals surface area contributed by atoms with E-state index in [1.807, 2.05) is 40.8 Å². The molecule has 0 bridgehead atoms. The number of rotatable bonds is 5. The van der Waals surface area contributed by atoms with Crippen LogP contribution >= 0.6 is 0 Å². The minimum atomic E-state index is -0.354. The lowest BCUT2D eigenvalue weighted by Gasteiger charge is -2.37. The number of likely N-dealkylation sites (tertiary alicyclic amines) is 1. The summed E-state index contributed by atoms with van der Waals surface area (Å²) >= 11 is 0. The van der Waals surface area contributed by atoms with Crippen molar-refractivity contribution in [1.82, 2.24) is 14.4 Å². The van der Waals surface area contributed by atoms with Crippen LogP contribution in [0.25, 0.3) is 0 Å². The van der Waals surface area contributed by atoms with Crippen molar-refractivity contribution in [3.05, 3.63) is 58.9 Å². The molecule has 1 atom stereocenters. The van der Waals surface area contributed by atoms with Crippen LogP contribution in [0.3, 0.4) is 0 Å². The molecule has 1 aromatic carbocycles. The van der Waals surface area contributed by atoms with Crippen LogP contribution < -0.4 is 0 Å². The zero-order chi connectivity index (χ0) is 21.3. The molecule has 2 aliphatic heterocycles. The number of nitriles is 1. The minimum Gasteiger partial charge on any atom is -0.441 e. The molecule has 2 fully saturated rings. The number of nitrogens with zero attached hydrogens (tertiary/aromatic N) is 4. The van der Waals surface area contributed by atoms with E-state index in [0.29, 0.717) is 18.8 Å². The molecule has 3 heterocycles. The van der Waals surface area contributed by atoms with Crippen LogP contribution in [0.1, 0.15) is 48.2 Å². The van der Waals surface area contributed by atoms with E-state index in [-0.39, 0.29) is 17.6 Å². The number of piperidine rings is 1. The Morgan fingerprint density at radius 2 is 1.93 bits per heavy atom. The molecule has 158 valence electrons. The summed E-state index contributed by atoms with van der Waals surface area (Å²) in [5.41, 5.74) is 3.93. The fourth-order valence-corrected chi connectivity index (χ4v) is 4.70. The lowest BCUT2D eigenvalue weighted by atomic mass is 9.90. The average Bonchev–Trinajstić information content (AvgIpc) is 3.20. The summed E-state index contributed by atoms with van der Waals surface area (Å²) in [5.74, 6) is 0.282. The van der Waals surface area contributed by atoms with Gasteiger partial charge in [-0.2, -0.15) is 5.26 Å². The summed E-state index contributed by atoms with van der Waals surface area (Å²) < 4.78 is 7.86. The quantitative estimate of drug-likeness (QED) is 0.758. The molecule has 2 aliphatic rings. The first-order chi connectivity index (χ1) is 14.4. The lowest BCUT2D eigenvalue weighted by Crippen LogP contribution is -2.46. The van der Waals surface area contributed by atoms with Crippen molar-refractivity contribution >= 4 is 6.09 Å². The summed E-state index contributed by atoms with van der Waals surface area (Å²) in [4.78, 5) is 16.8. The molecule has 1 aromatic heterocycles. The SMILES string of the molecule is Cc1c(CN2CCC3(CC2)CN(C[C@H](C)c2ccccc2)C(=O)O3)cc(C#N)n1C. The molecule has 2 aromatic rings. The molecule has 1 spiro atoms. The summed E-state index contributed by atoms with van der Waals surface area (Å²) in [5, 5.41) is 9.25. The van der Waals surface area contributed by atoms with Gasteiger partial charge in [0.15, 0.2) is 0 Å². The molecule has 1 amide bonds. The van der Waals surface area contributed by atoms with Crippen molar-refractivity contribution in [3.63, 3.8) is 0 Å². The second-order valence-corrected chi connectivity index (χ2v) is 8.83. The average molecular weight is 407 g/mol. The molecule has 4 rings (SSSR count). The largest absolute Gasteiger partial charge is 0.441 e. The second-order valence-electron chi connectivity index (χ2n) is 8.83. The maximum Gasteiger partial charge on any atom is 0.410 e. The minimum absolute atomic E-state index is 0.177. The van der Waals surface area contributed by atoms with E-state index in [0.717, 1.165) is 38.2 Å². The van der Waals surface area contributed by atoms with E-state index in [1.54, 1.807) is 0 Å². The lowest BCUT2D eigenvalue weighted by molar-refractivity contribution is -0.00127. The smallest absolute Gasteiger partial charge is 0.410 e. The first-order valence-electron chi connectivity index (χ1n) is 10.7. The van der Waals surface area contributed by atoms with Crippen LogP contribution in [0, 0.1) is 18.3 Å². The molecule has 0 saturated carbocycles. The van der Waals surface area contributed by atoms with Gasteiger partial charge in [-0.1, -0.05) is 37.3 Å².